The van der Waals surface area contributed by atoms with E-state index in [1.807, 2.05) is 6.08 Å². The minimum atomic E-state index is -0.422. The fraction of sp³-hybridized carbons (Fsp3) is 0.111. The standard InChI is InChI=1S/C9H8ClNO2/c10-7-1-2-8-3-5-9(6-4-8)11(12)13/h1-6H,7H2. The van der Waals surface area contributed by atoms with E-state index in [-0.39, 0.29) is 5.69 Å². The van der Waals surface area contributed by atoms with Crippen LogP contribution in [0.2, 0.25) is 0 Å². The Bertz CT molecular complexity index is 319. The third-order valence-electron chi connectivity index (χ3n) is 1.50. The maximum atomic E-state index is 10.3. The van der Waals surface area contributed by atoms with Gasteiger partial charge in [-0.25, -0.2) is 0 Å². The average molecular weight is 198 g/mol. The van der Waals surface area contributed by atoms with E-state index in [1.54, 1.807) is 18.2 Å². The molecule has 0 aliphatic heterocycles. The summed E-state index contributed by atoms with van der Waals surface area (Å²) in [7, 11) is 0. The van der Waals surface area contributed by atoms with E-state index in [4.69, 9.17) is 11.6 Å². The van der Waals surface area contributed by atoms with Gasteiger partial charge in [-0.05, 0) is 17.7 Å². The summed E-state index contributed by atoms with van der Waals surface area (Å²) in [5.74, 6) is 0.441. The van der Waals surface area contributed by atoms with Crippen molar-refractivity contribution < 1.29 is 4.92 Å². The van der Waals surface area contributed by atoms with Crippen LogP contribution in [0.5, 0.6) is 0 Å². The summed E-state index contributed by atoms with van der Waals surface area (Å²) in [6, 6.07) is 6.30. The molecular weight excluding hydrogens is 190 g/mol. The van der Waals surface area contributed by atoms with Gasteiger partial charge in [0.15, 0.2) is 0 Å². The lowest BCUT2D eigenvalue weighted by Gasteiger charge is -1.92. The molecule has 1 aromatic rings. The van der Waals surface area contributed by atoms with Crippen molar-refractivity contribution in [2.45, 2.75) is 0 Å². The van der Waals surface area contributed by atoms with Crippen LogP contribution in [0.25, 0.3) is 6.08 Å². The largest absolute Gasteiger partial charge is 0.269 e. The third kappa shape index (κ3) is 2.87. The Morgan fingerprint density at radius 3 is 2.46 bits per heavy atom. The van der Waals surface area contributed by atoms with Crippen LogP contribution in [0, 0.1) is 10.1 Å². The van der Waals surface area contributed by atoms with Gasteiger partial charge in [0, 0.05) is 18.0 Å². The predicted molar refractivity (Wildman–Crippen MR) is 52.9 cm³/mol. The molecule has 4 heteroatoms. The minimum absolute atomic E-state index is 0.100. The monoisotopic (exact) mass is 197 g/mol. The number of alkyl halides is 1. The van der Waals surface area contributed by atoms with Crippen LogP contribution in [0.3, 0.4) is 0 Å². The number of nitro groups is 1. The van der Waals surface area contributed by atoms with Gasteiger partial charge in [-0.1, -0.05) is 12.2 Å². The Morgan fingerprint density at radius 1 is 1.38 bits per heavy atom. The molecule has 0 fully saturated rings. The number of allylic oxidation sites excluding steroid dienone is 1. The molecule has 0 heterocycles. The molecule has 0 spiro atoms. The zero-order valence-electron chi connectivity index (χ0n) is 6.81. The first-order chi connectivity index (χ1) is 6.24. The molecule has 1 rings (SSSR count). The number of halogens is 1. The summed E-state index contributed by atoms with van der Waals surface area (Å²) in [5, 5.41) is 10.3. The third-order valence-corrected chi connectivity index (χ3v) is 1.68. The quantitative estimate of drug-likeness (QED) is 0.425. The molecule has 68 valence electrons. The molecule has 0 aromatic heterocycles. The Balaban J connectivity index is 2.81. The summed E-state index contributed by atoms with van der Waals surface area (Å²) in [5.41, 5.74) is 1.01. The number of nitrogens with zero attached hydrogens (tertiary/aromatic N) is 1. The van der Waals surface area contributed by atoms with E-state index in [0.29, 0.717) is 5.88 Å². The fourth-order valence-corrected chi connectivity index (χ4v) is 0.977. The first kappa shape index (κ1) is 9.74. The normalized spacial score (nSPS) is 10.5. The van der Waals surface area contributed by atoms with E-state index in [2.05, 4.69) is 0 Å². The van der Waals surface area contributed by atoms with Crippen molar-refractivity contribution >= 4 is 23.4 Å². The molecule has 0 amide bonds. The lowest BCUT2D eigenvalue weighted by atomic mass is 10.2. The molecule has 0 saturated heterocycles. The second-order valence-corrected chi connectivity index (χ2v) is 2.71. The van der Waals surface area contributed by atoms with E-state index >= 15 is 0 Å². The zero-order chi connectivity index (χ0) is 9.68. The average Bonchev–Trinajstić information content (AvgIpc) is 2.15. The number of rotatable bonds is 3. The van der Waals surface area contributed by atoms with Gasteiger partial charge in [0.05, 0.1) is 4.92 Å². The number of benzene rings is 1. The molecule has 0 atom stereocenters. The molecule has 0 unspecified atom stereocenters. The summed E-state index contributed by atoms with van der Waals surface area (Å²) >= 11 is 5.44. The Labute approximate surface area is 80.8 Å². The van der Waals surface area contributed by atoms with Crippen molar-refractivity contribution in [1.82, 2.24) is 0 Å². The van der Waals surface area contributed by atoms with Crippen molar-refractivity contribution in [2.75, 3.05) is 5.88 Å². The van der Waals surface area contributed by atoms with Crippen LogP contribution in [-0.4, -0.2) is 10.8 Å². The SMILES string of the molecule is O=[N+]([O-])c1ccc(C=CCCl)cc1. The number of hydrogen-bond donors (Lipinski definition) is 0. The molecule has 0 saturated carbocycles. The highest BCUT2D eigenvalue weighted by atomic mass is 35.5. The maximum Gasteiger partial charge on any atom is 0.269 e. The van der Waals surface area contributed by atoms with Gasteiger partial charge in [0.2, 0.25) is 0 Å². The summed E-state index contributed by atoms with van der Waals surface area (Å²) in [4.78, 5) is 9.87. The highest BCUT2D eigenvalue weighted by molar-refractivity contribution is 6.19. The Hall–Kier alpha value is -1.35. The first-order valence-electron chi connectivity index (χ1n) is 3.71. The maximum absolute atomic E-state index is 10.3. The molecule has 0 aliphatic carbocycles. The van der Waals surface area contributed by atoms with Crippen molar-refractivity contribution in [3.05, 3.63) is 46.0 Å². The van der Waals surface area contributed by atoms with E-state index in [9.17, 15) is 10.1 Å². The summed E-state index contributed by atoms with van der Waals surface area (Å²) < 4.78 is 0. The second kappa shape index (κ2) is 4.62. The summed E-state index contributed by atoms with van der Waals surface area (Å²) in [6.07, 6.45) is 3.60. The van der Waals surface area contributed by atoms with Crippen LogP contribution >= 0.6 is 11.6 Å². The smallest absolute Gasteiger partial charge is 0.258 e. The van der Waals surface area contributed by atoms with E-state index < -0.39 is 4.92 Å². The van der Waals surface area contributed by atoms with Crippen molar-refractivity contribution in [3.63, 3.8) is 0 Å². The molecule has 0 bridgehead atoms. The zero-order valence-corrected chi connectivity index (χ0v) is 7.57. The van der Waals surface area contributed by atoms with Crippen LogP contribution in [0.4, 0.5) is 5.69 Å². The Morgan fingerprint density at radius 2 is 2.00 bits per heavy atom. The molecule has 0 aliphatic rings. The van der Waals surface area contributed by atoms with Crippen LogP contribution in [0.1, 0.15) is 5.56 Å². The minimum Gasteiger partial charge on any atom is -0.258 e. The topological polar surface area (TPSA) is 43.1 Å². The van der Waals surface area contributed by atoms with Gasteiger partial charge < -0.3 is 0 Å². The predicted octanol–water partition coefficient (Wildman–Crippen LogP) is 2.85. The van der Waals surface area contributed by atoms with Crippen LogP contribution in [-0.2, 0) is 0 Å². The molecule has 0 radical (unpaired) electrons. The molecular formula is C9H8ClNO2. The number of hydrogen-bond acceptors (Lipinski definition) is 2. The van der Waals surface area contributed by atoms with Gasteiger partial charge in [0.1, 0.15) is 0 Å². The van der Waals surface area contributed by atoms with Gasteiger partial charge >= 0.3 is 0 Å². The lowest BCUT2D eigenvalue weighted by molar-refractivity contribution is -0.384. The van der Waals surface area contributed by atoms with Crippen LogP contribution in [0.15, 0.2) is 30.3 Å². The van der Waals surface area contributed by atoms with E-state index in [1.165, 1.54) is 12.1 Å². The highest BCUT2D eigenvalue weighted by Crippen LogP contribution is 2.12. The first-order valence-corrected chi connectivity index (χ1v) is 4.24. The molecule has 13 heavy (non-hydrogen) atoms. The van der Waals surface area contributed by atoms with Crippen molar-refractivity contribution in [3.8, 4) is 0 Å². The van der Waals surface area contributed by atoms with Crippen molar-refractivity contribution in [2.24, 2.45) is 0 Å². The van der Waals surface area contributed by atoms with Gasteiger partial charge in [-0.15, -0.1) is 11.6 Å². The van der Waals surface area contributed by atoms with Gasteiger partial charge in [-0.3, -0.25) is 10.1 Å². The number of non-ortho nitro benzene ring substituents is 1. The van der Waals surface area contributed by atoms with Crippen molar-refractivity contribution in [1.29, 1.82) is 0 Å². The molecule has 0 N–H and O–H groups in total. The van der Waals surface area contributed by atoms with Crippen LogP contribution < -0.4 is 0 Å². The van der Waals surface area contributed by atoms with E-state index in [0.717, 1.165) is 5.56 Å². The molecule has 1 aromatic carbocycles. The second-order valence-electron chi connectivity index (χ2n) is 2.41. The highest BCUT2D eigenvalue weighted by Gasteiger charge is 2.01. The molecule has 3 nitrogen and oxygen atoms in total. The lowest BCUT2D eigenvalue weighted by Crippen LogP contribution is -1.86. The summed E-state index contributed by atoms with van der Waals surface area (Å²) in [6.45, 7) is 0. The van der Waals surface area contributed by atoms with Gasteiger partial charge in [0.25, 0.3) is 5.69 Å². The fourth-order valence-electron chi connectivity index (χ4n) is 0.888. The van der Waals surface area contributed by atoms with Gasteiger partial charge in [-0.2, -0.15) is 0 Å². The number of nitro benzene ring substituents is 1. The Kier molecular flexibility index (Phi) is 3.46.